The fraction of sp³-hybridized carbons (Fsp3) is 0.182. The van der Waals surface area contributed by atoms with Gasteiger partial charge in [0.1, 0.15) is 5.75 Å². The van der Waals surface area contributed by atoms with Gasteiger partial charge in [0.25, 0.3) is 0 Å². The van der Waals surface area contributed by atoms with Gasteiger partial charge in [0.05, 0.1) is 18.5 Å². The Balaban J connectivity index is 2.45. The van der Waals surface area contributed by atoms with E-state index in [-0.39, 0.29) is 0 Å². The Morgan fingerprint density at radius 1 is 1.28 bits per heavy atom. The maximum absolute atomic E-state index is 12.4. The second-order valence-corrected chi connectivity index (χ2v) is 3.57. The van der Waals surface area contributed by atoms with E-state index in [1.165, 1.54) is 19.4 Å². The average Bonchev–Trinajstić information content (AvgIpc) is 2.78. The molecule has 0 radical (unpaired) electrons. The van der Waals surface area contributed by atoms with Crippen LogP contribution in [0.5, 0.6) is 5.75 Å². The number of rotatable bonds is 2. The van der Waals surface area contributed by atoms with E-state index in [2.05, 4.69) is 5.10 Å². The number of anilines is 1. The summed E-state index contributed by atoms with van der Waals surface area (Å²) in [6.45, 7) is 0. The molecular weight excluding hydrogens is 247 g/mol. The summed E-state index contributed by atoms with van der Waals surface area (Å²) in [7, 11) is 1.46. The Kier molecular flexibility index (Phi) is 2.90. The highest BCUT2D eigenvalue weighted by Crippen LogP contribution is 2.29. The van der Waals surface area contributed by atoms with E-state index in [1.54, 1.807) is 12.1 Å². The van der Waals surface area contributed by atoms with Gasteiger partial charge in [0.15, 0.2) is 5.69 Å². The normalized spacial score (nSPS) is 11.6. The zero-order valence-electron chi connectivity index (χ0n) is 9.40. The van der Waals surface area contributed by atoms with Gasteiger partial charge in [0.2, 0.25) is 0 Å². The van der Waals surface area contributed by atoms with Crippen LogP contribution in [-0.4, -0.2) is 16.9 Å². The van der Waals surface area contributed by atoms with Crippen LogP contribution in [0.3, 0.4) is 0 Å². The van der Waals surface area contributed by atoms with Crippen molar-refractivity contribution < 1.29 is 17.9 Å². The second-order valence-electron chi connectivity index (χ2n) is 3.57. The van der Waals surface area contributed by atoms with E-state index in [9.17, 15) is 13.2 Å². The van der Waals surface area contributed by atoms with E-state index in [0.29, 0.717) is 17.1 Å². The van der Waals surface area contributed by atoms with Crippen molar-refractivity contribution in [2.45, 2.75) is 6.18 Å². The minimum Gasteiger partial charge on any atom is -0.497 e. The van der Waals surface area contributed by atoms with Crippen molar-refractivity contribution in [2.75, 3.05) is 12.8 Å². The van der Waals surface area contributed by atoms with Gasteiger partial charge in [-0.1, -0.05) is 0 Å². The summed E-state index contributed by atoms with van der Waals surface area (Å²) >= 11 is 0. The van der Waals surface area contributed by atoms with Gasteiger partial charge in [-0.2, -0.15) is 18.3 Å². The number of benzene rings is 1. The highest BCUT2D eigenvalue weighted by atomic mass is 19.4. The van der Waals surface area contributed by atoms with Crippen LogP contribution in [0, 0.1) is 0 Å². The first kappa shape index (κ1) is 12.3. The first-order chi connectivity index (χ1) is 8.41. The van der Waals surface area contributed by atoms with Crippen LogP contribution in [0.25, 0.3) is 5.69 Å². The predicted octanol–water partition coefficient (Wildman–Crippen LogP) is 2.48. The maximum Gasteiger partial charge on any atom is 0.435 e. The lowest BCUT2D eigenvalue weighted by molar-refractivity contribution is -0.141. The summed E-state index contributed by atoms with van der Waals surface area (Å²) in [4.78, 5) is 0. The largest absolute Gasteiger partial charge is 0.497 e. The monoisotopic (exact) mass is 257 g/mol. The first-order valence-corrected chi connectivity index (χ1v) is 4.98. The van der Waals surface area contributed by atoms with Crippen LogP contribution >= 0.6 is 0 Å². The minimum absolute atomic E-state index is 0.313. The number of methoxy groups -OCH3 is 1. The molecule has 0 bridgehead atoms. The van der Waals surface area contributed by atoms with E-state index >= 15 is 0 Å². The number of aromatic nitrogens is 2. The highest BCUT2D eigenvalue weighted by Gasteiger charge is 2.33. The molecule has 96 valence electrons. The topological polar surface area (TPSA) is 53.1 Å². The second kappa shape index (κ2) is 4.25. The third-order valence-corrected chi connectivity index (χ3v) is 2.36. The molecule has 7 heteroatoms. The van der Waals surface area contributed by atoms with Crippen molar-refractivity contribution in [3.8, 4) is 11.4 Å². The van der Waals surface area contributed by atoms with Crippen molar-refractivity contribution in [2.24, 2.45) is 0 Å². The molecule has 0 saturated heterocycles. The summed E-state index contributed by atoms with van der Waals surface area (Å²) < 4.78 is 43.4. The van der Waals surface area contributed by atoms with Crippen LogP contribution in [0.4, 0.5) is 18.9 Å². The Morgan fingerprint density at radius 2 is 2.00 bits per heavy atom. The van der Waals surface area contributed by atoms with Crippen molar-refractivity contribution in [1.82, 2.24) is 9.78 Å². The molecule has 18 heavy (non-hydrogen) atoms. The molecule has 1 aromatic heterocycles. The van der Waals surface area contributed by atoms with Gasteiger partial charge in [-0.15, -0.1) is 0 Å². The van der Waals surface area contributed by atoms with Crippen LogP contribution in [0.2, 0.25) is 0 Å². The van der Waals surface area contributed by atoms with E-state index in [0.717, 1.165) is 10.7 Å². The SMILES string of the molecule is COc1ccc(N)c(-n2ccc(C(F)(F)F)n2)c1. The average molecular weight is 257 g/mol. The number of hydrogen-bond acceptors (Lipinski definition) is 3. The van der Waals surface area contributed by atoms with Gasteiger partial charge < -0.3 is 10.5 Å². The molecular formula is C11H10F3N3O. The number of nitrogens with zero attached hydrogens (tertiary/aromatic N) is 2. The zero-order valence-corrected chi connectivity index (χ0v) is 9.40. The predicted molar refractivity (Wildman–Crippen MR) is 59.5 cm³/mol. The van der Waals surface area contributed by atoms with Gasteiger partial charge in [-0.3, -0.25) is 0 Å². The smallest absolute Gasteiger partial charge is 0.435 e. The third-order valence-electron chi connectivity index (χ3n) is 2.36. The van der Waals surface area contributed by atoms with E-state index < -0.39 is 11.9 Å². The molecule has 0 spiro atoms. The molecule has 4 nitrogen and oxygen atoms in total. The maximum atomic E-state index is 12.4. The molecule has 2 rings (SSSR count). The minimum atomic E-state index is -4.47. The Bertz CT molecular complexity index is 563. The summed E-state index contributed by atoms with van der Waals surface area (Å²) in [5.41, 5.74) is 5.38. The molecule has 0 unspecified atom stereocenters. The van der Waals surface area contributed by atoms with Gasteiger partial charge in [0, 0.05) is 12.3 Å². The molecule has 0 amide bonds. The van der Waals surface area contributed by atoms with Crippen LogP contribution in [0.1, 0.15) is 5.69 Å². The van der Waals surface area contributed by atoms with E-state index in [4.69, 9.17) is 10.5 Å². The van der Waals surface area contributed by atoms with E-state index in [1.807, 2.05) is 0 Å². The Hall–Kier alpha value is -2.18. The fourth-order valence-corrected chi connectivity index (χ4v) is 1.46. The molecule has 0 aliphatic carbocycles. The van der Waals surface area contributed by atoms with Gasteiger partial charge >= 0.3 is 6.18 Å². The lowest BCUT2D eigenvalue weighted by Crippen LogP contribution is -2.08. The van der Waals surface area contributed by atoms with Crippen molar-refractivity contribution >= 4 is 5.69 Å². The Labute approximate surface area is 101 Å². The number of hydrogen-bond donors (Lipinski definition) is 1. The molecule has 2 N–H and O–H groups in total. The van der Waals surface area contributed by atoms with Crippen molar-refractivity contribution in [3.05, 3.63) is 36.2 Å². The number of ether oxygens (including phenoxy) is 1. The lowest BCUT2D eigenvalue weighted by Gasteiger charge is -2.08. The van der Waals surface area contributed by atoms with Gasteiger partial charge in [-0.05, 0) is 18.2 Å². The Morgan fingerprint density at radius 3 is 2.56 bits per heavy atom. The molecule has 1 heterocycles. The van der Waals surface area contributed by atoms with Crippen molar-refractivity contribution in [3.63, 3.8) is 0 Å². The quantitative estimate of drug-likeness (QED) is 0.841. The summed E-state index contributed by atoms with van der Waals surface area (Å²) in [6.07, 6.45) is -3.27. The molecule has 2 aromatic rings. The molecule has 1 aromatic carbocycles. The third kappa shape index (κ3) is 2.24. The summed E-state index contributed by atoms with van der Waals surface area (Å²) in [5, 5.41) is 3.44. The van der Waals surface area contributed by atoms with Crippen LogP contribution in [0.15, 0.2) is 30.5 Å². The number of nitrogen functional groups attached to an aromatic ring is 1. The van der Waals surface area contributed by atoms with Gasteiger partial charge in [-0.25, -0.2) is 4.68 Å². The van der Waals surface area contributed by atoms with Crippen LogP contribution < -0.4 is 10.5 Å². The molecule has 0 aliphatic rings. The lowest BCUT2D eigenvalue weighted by atomic mass is 10.2. The number of nitrogens with two attached hydrogens (primary N) is 1. The molecule has 0 saturated carbocycles. The molecule has 0 atom stereocenters. The highest BCUT2D eigenvalue weighted by molar-refractivity contribution is 5.60. The zero-order chi connectivity index (χ0) is 13.3. The fourth-order valence-electron chi connectivity index (χ4n) is 1.46. The standard InChI is InChI=1S/C11H10F3N3O/c1-18-7-2-3-8(15)9(6-7)17-5-4-10(16-17)11(12,13)14/h2-6H,15H2,1H3. The molecule has 0 aliphatic heterocycles. The van der Waals surface area contributed by atoms with Crippen LogP contribution in [-0.2, 0) is 6.18 Å². The number of halogens is 3. The first-order valence-electron chi connectivity index (χ1n) is 4.98. The number of alkyl halides is 3. The summed E-state index contributed by atoms with van der Waals surface area (Å²) in [5.74, 6) is 0.489. The molecule has 0 fully saturated rings. The van der Waals surface area contributed by atoms with Crippen molar-refractivity contribution in [1.29, 1.82) is 0 Å². The summed E-state index contributed by atoms with van der Waals surface area (Å²) in [6, 6.07) is 5.57.